The number of aromatic nitrogens is 2. The predicted octanol–water partition coefficient (Wildman–Crippen LogP) is 2.98. The number of hydrogen-bond acceptors (Lipinski definition) is 6. The van der Waals surface area contributed by atoms with Crippen LogP contribution in [0, 0.1) is 5.41 Å². The highest BCUT2D eigenvalue weighted by molar-refractivity contribution is 5.98. The lowest BCUT2D eigenvalue weighted by Gasteiger charge is -2.35. The molecule has 7 heteroatoms. The number of Topliss-reactive ketones (excluding diaryl/α,β-unsaturated/α-hetero) is 1. The van der Waals surface area contributed by atoms with E-state index in [4.69, 9.17) is 15.9 Å². The van der Waals surface area contributed by atoms with E-state index in [2.05, 4.69) is 20.9 Å². The number of rotatable bonds is 9. The molecular formula is C22H29N5O2. The van der Waals surface area contributed by atoms with E-state index in [0.29, 0.717) is 25.5 Å². The van der Waals surface area contributed by atoms with Gasteiger partial charge in [-0.3, -0.25) is 10.2 Å². The zero-order valence-electron chi connectivity index (χ0n) is 16.9. The third-order valence-corrected chi connectivity index (χ3v) is 5.22. The Kier molecular flexibility index (Phi) is 7.30. The Morgan fingerprint density at radius 1 is 1.28 bits per heavy atom. The molecule has 0 radical (unpaired) electrons. The molecule has 1 unspecified atom stereocenters. The van der Waals surface area contributed by atoms with Crippen LogP contribution in [0.5, 0.6) is 0 Å². The van der Waals surface area contributed by atoms with E-state index in [9.17, 15) is 4.79 Å². The summed E-state index contributed by atoms with van der Waals surface area (Å²) in [5, 5.41) is 7.21. The van der Waals surface area contributed by atoms with Gasteiger partial charge in [-0.05, 0) is 36.8 Å². The molecule has 7 nitrogen and oxygen atoms in total. The van der Waals surface area contributed by atoms with Crippen LogP contribution in [-0.2, 0) is 16.0 Å². The first-order valence-corrected chi connectivity index (χ1v) is 10.1. The van der Waals surface area contributed by atoms with Gasteiger partial charge in [-0.25, -0.2) is 9.97 Å². The van der Waals surface area contributed by atoms with E-state index in [1.54, 1.807) is 7.11 Å². The third kappa shape index (κ3) is 5.84. The highest BCUT2D eigenvalue weighted by Crippen LogP contribution is 2.24. The molecule has 1 fully saturated rings. The van der Waals surface area contributed by atoms with E-state index in [-0.39, 0.29) is 18.0 Å². The Morgan fingerprint density at radius 2 is 2.07 bits per heavy atom. The molecule has 29 heavy (non-hydrogen) atoms. The second-order valence-electron chi connectivity index (χ2n) is 7.51. The maximum absolute atomic E-state index is 11.8. The standard InChI is InChI=1S/C22H29N5O2/c1-29-15-19-7-2-3-10-27(19)22-25-13-18(14-26-22)17-6-4-5-16(11-17)8-9-20(28)12-21(23)24/h4-6,11,13-14,19H,2-3,7-10,12,15H2,1H3,(H3,23,24). The molecule has 3 rings (SSSR count). The first-order valence-electron chi connectivity index (χ1n) is 10.1. The van der Waals surface area contributed by atoms with Gasteiger partial charge in [0.05, 0.1) is 24.9 Å². The van der Waals surface area contributed by atoms with Gasteiger partial charge in [-0.15, -0.1) is 0 Å². The minimum absolute atomic E-state index is 0.0114. The van der Waals surface area contributed by atoms with Gasteiger partial charge >= 0.3 is 0 Å². The van der Waals surface area contributed by atoms with Crippen LogP contribution >= 0.6 is 0 Å². The van der Waals surface area contributed by atoms with Crippen molar-refractivity contribution in [1.29, 1.82) is 5.41 Å². The number of nitrogens with one attached hydrogen (secondary N) is 1. The molecule has 0 amide bonds. The zero-order chi connectivity index (χ0) is 20.6. The number of methoxy groups -OCH3 is 1. The smallest absolute Gasteiger partial charge is 0.225 e. The number of aryl methyl sites for hydroxylation is 1. The average molecular weight is 396 g/mol. The predicted molar refractivity (Wildman–Crippen MR) is 114 cm³/mol. The normalized spacial score (nSPS) is 16.6. The number of carbonyl (C=O) groups is 1. The number of nitrogens with two attached hydrogens (primary N) is 1. The summed E-state index contributed by atoms with van der Waals surface area (Å²) in [6.07, 6.45) is 8.22. The molecular weight excluding hydrogens is 366 g/mol. The lowest BCUT2D eigenvalue weighted by Crippen LogP contribution is -2.43. The van der Waals surface area contributed by atoms with E-state index >= 15 is 0 Å². The topological polar surface area (TPSA) is 105 Å². The maximum Gasteiger partial charge on any atom is 0.225 e. The summed E-state index contributed by atoms with van der Waals surface area (Å²) in [6.45, 7) is 1.65. The lowest BCUT2D eigenvalue weighted by molar-refractivity contribution is -0.117. The lowest BCUT2D eigenvalue weighted by atomic mass is 10.0. The SMILES string of the molecule is COCC1CCCCN1c1ncc(-c2cccc(CCC(=O)CC(=N)N)c2)cn1. The van der Waals surface area contributed by atoms with Crippen LogP contribution in [0.3, 0.4) is 0 Å². The second-order valence-corrected chi connectivity index (χ2v) is 7.51. The van der Waals surface area contributed by atoms with Crippen molar-refractivity contribution in [1.82, 2.24) is 9.97 Å². The van der Waals surface area contributed by atoms with Crippen molar-refractivity contribution >= 4 is 17.6 Å². The molecule has 1 atom stereocenters. The Bertz CT molecular complexity index is 835. The fourth-order valence-corrected chi connectivity index (χ4v) is 3.74. The van der Waals surface area contributed by atoms with Crippen LogP contribution in [0.4, 0.5) is 5.95 Å². The molecule has 154 valence electrons. The number of piperidine rings is 1. The summed E-state index contributed by atoms with van der Waals surface area (Å²) in [5.41, 5.74) is 8.34. The summed E-state index contributed by atoms with van der Waals surface area (Å²) in [4.78, 5) is 23.3. The molecule has 1 aliphatic rings. The van der Waals surface area contributed by atoms with Gasteiger partial charge in [0.1, 0.15) is 5.78 Å². The molecule has 1 saturated heterocycles. The average Bonchev–Trinajstić information content (AvgIpc) is 2.73. The Morgan fingerprint density at radius 3 is 2.79 bits per heavy atom. The molecule has 2 heterocycles. The highest BCUT2D eigenvalue weighted by atomic mass is 16.5. The largest absolute Gasteiger partial charge is 0.387 e. The van der Waals surface area contributed by atoms with Crippen LogP contribution in [0.2, 0.25) is 0 Å². The summed E-state index contributed by atoms with van der Waals surface area (Å²) >= 11 is 0. The van der Waals surface area contributed by atoms with Crippen molar-refractivity contribution in [3.63, 3.8) is 0 Å². The van der Waals surface area contributed by atoms with E-state index in [1.165, 1.54) is 6.42 Å². The van der Waals surface area contributed by atoms with Crippen LogP contribution in [0.1, 0.15) is 37.7 Å². The number of anilines is 1. The third-order valence-electron chi connectivity index (χ3n) is 5.22. The van der Waals surface area contributed by atoms with Gasteiger partial charge in [0, 0.05) is 38.0 Å². The van der Waals surface area contributed by atoms with E-state index in [1.807, 2.05) is 30.6 Å². The molecule has 1 aliphatic heterocycles. The number of carbonyl (C=O) groups excluding carboxylic acids is 1. The number of benzene rings is 1. The minimum atomic E-state index is -0.0811. The molecule has 3 N–H and O–H groups in total. The van der Waals surface area contributed by atoms with Crippen molar-refractivity contribution in [3.8, 4) is 11.1 Å². The quantitative estimate of drug-likeness (QED) is 0.499. The number of ketones is 1. The van der Waals surface area contributed by atoms with Crippen molar-refractivity contribution in [2.24, 2.45) is 5.73 Å². The summed E-state index contributed by atoms with van der Waals surface area (Å²) < 4.78 is 5.36. The molecule has 0 spiro atoms. The van der Waals surface area contributed by atoms with Gasteiger partial charge < -0.3 is 15.4 Å². The van der Waals surface area contributed by atoms with Crippen molar-refractivity contribution in [3.05, 3.63) is 42.2 Å². The molecule has 0 bridgehead atoms. The molecule has 1 aromatic heterocycles. The molecule has 0 saturated carbocycles. The summed E-state index contributed by atoms with van der Waals surface area (Å²) in [5.74, 6) is 0.659. The molecule has 2 aromatic rings. The van der Waals surface area contributed by atoms with Crippen LogP contribution in [0.25, 0.3) is 11.1 Å². The first-order chi connectivity index (χ1) is 14.1. The minimum Gasteiger partial charge on any atom is -0.387 e. The van der Waals surface area contributed by atoms with Crippen molar-refractivity contribution in [2.45, 2.75) is 44.6 Å². The maximum atomic E-state index is 11.8. The van der Waals surface area contributed by atoms with Gasteiger partial charge in [-0.1, -0.05) is 24.3 Å². The zero-order valence-corrected chi connectivity index (χ0v) is 16.9. The summed E-state index contributed by atoms with van der Waals surface area (Å²) in [6, 6.07) is 8.40. The second kappa shape index (κ2) is 10.1. The number of amidine groups is 1. The van der Waals surface area contributed by atoms with E-state index in [0.717, 1.165) is 42.0 Å². The monoisotopic (exact) mass is 395 g/mol. The van der Waals surface area contributed by atoms with Gasteiger partial charge in [0.25, 0.3) is 0 Å². The Labute approximate surface area is 171 Å². The summed E-state index contributed by atoms with van der Waals surface area (Å²) in [7, 11) is 1.73. The Balaban J connectivity index is 1.68. The fourth-order valence-electron chi connectivity index (χ4n) is 3.74. The van der Waals surface area contributed by atoms with E-state index < -0.39 is 0 Å². The molecule has 1 aromatic carbocycles. The van der Waals surface area contributed by atoms with Gasteiger partial charge in [0.15, 0.2) is 0 Å². The number of ether oxygens (including phenoxy) is 1. The van der Waals surface area contributed by atoms with Crippen LogP contribution in [-0.4, -0.2) is 47.9 Å². The first kappa shape index (κ1) is 20.9. The highest BCUT2D eigenvalue weighted by Gasteiger charge is 2.24. The molecule has 0 aliphatic carbocycles. The van der Waals surface area contributed by atoms with Gasteiger partial charge in [0.2, 0.25) is 5.95 Å². The van der Waals surface area contributed by atoms with Crippen molar-refractivity contribution in [2.75, 3.05) is 25.2 Å². The fraction of sp³-hybridized carbons (Fsp3) is 0.455. The Hall–Kier alpha value is -2.80. The number of nitrogens with zero attached hydrogens (tertiary/aromatic N) is 3. The van der Waals surface area contributed by atoms with Gasteiger partial charge in [-0.2, -0.15) is 0 Å². The van der Waals surface area contributed by atoms with Crippen LogP contribution in [0.15, 0.2) is 36.7 Å². The van der Waals surface area contributed by atoms with Crippen molar-refractivity contribution < 1.29 is 9.53 Å². The number of hydrogen-bond donors (Lipinski definition) is 2. The van der Waals surface area contributed by atoms with Crippen LogP contribution < -0.4 is 10.6 Å².